The molecule has 224 valence electrons. The predicted molar refractivity (Wildman–Crippen MR) is 179 cm³/mol. The van der Waals surface area contributed by atoms with Crippen molar-refractivity contribution in [1.29, 1.82) is 0 Å². The van der Waals surface area contributed by atoms with Gasteiger partial charge in [0.25, 0.3) is 0 Å². The molecule has 0 bridgehead atoms. The summed E-state index contributed by atoms with van der Waals surface area (Å²) in [5, 5.41) is 0. The van der Waals surface area contributed by atoms with E-state index in [1.807, 2.05) is 12.4 Å². The first-order valence-electron chi connectivity index (χ1n) is 13.3. The van der Waals surface area contributed by atoms with Crippen LogP contribution in [-0.2, 0) is 0 Å². The summed E-state index contributed by atoms with van der Waals surface area (Å²) in [4.78, 5) is 20.8. The van der Waals surface area contributed by atoms with E-state index in [1.165, 1.54) is 0 Å². The fourth-order valence-electron chi connectivity index (χ4n) is 4.16. The van der Waals surface area contributed by atoms with Gasteiger partial charge in [0.15, 0.2) is 0 Å². The molecule has 2 aromatic heterocycles. The maximum Gasteiger partial charge on any atom is 0.131 e. The van der Waals surface area contributed by atoms with E-state index in [4.69, 9.17) is 16.5 Å². The molecule has 0 aliphatic carbocycles. The molecular weight excluding hydrogens is 577 g/mol. The Morgan fingerprint density at radius 2 is 1.07 bits per heavy atom. The van der Waals surface area contributed by atoms with E-state index in [9.17, 15) is 0 Å². The van der Waals surface area contributed by atoms with Crippen molar-refractivity contribution >= 4 is 43.1 Å². The average Bonchev–Trinajstić information content (AvgIpc) is 3.56. The molecule has 41 heavy (non-hydrogen) atoms. The summed E-state index contributed by atoms with van der Waals surface area (Å²) in [7, 11) is 0. The van der Waals surface area contributed by atoms with Gasteiger partial charge in [0.2, 0.25) is 0 Å². The van der Waals surface area contributed by atoms with E-state index >= 15 is 0 Å². The maximum absolute atomic E-state index is 6.28. The van der Waals surface area contributed by atoms with Crippen LogP contribution in [0.15, 0.2) is 65.9 Å². The van der Waals surface area contributed by atoms with Crippen molar-refractivity contribution < 1.29 is 0 Å². The van der Waals surface area contributed by atoms with Gasteiger partial charge in [0.05, 0.1) is 35.7 Å². The normalized spacial score (nSPS) is 13.3. The molecule has 0 radical (unpaired) electrons. The van der Waals surface area contributed by atoms with Crippen LogP contribution >= 0.6 is 37.2 Å². The van der Waals surface area contributed by atoms with E-state index in [0.717, 1.165) is 45.3 Å². The molecule has 2 atom stereocenters. The SMILES string of the molecule is CC(C)[C@H](N)c1ncc(-c2ccc(-c3ccc(-c4cnc([C@@H](N=C(N)C(C)(C)C)C(C)C)[nH]4)cc3)cc2)[nH]1.Cl.Cl.Cl. The third kappa shape index (κ3) is 8.58. The molecule has 4 aromatic rings. The first kappa shape index (κ1) is 36.2. The first-order chi connectivity index (χ1) is 17.9. The third-order valence-corrected chi connectivity index (χ3v) is 6.91. The highest BCUT2D eigenvalue weighted by Gasteiger charge is 2.23. The summed E-state index contributed by atoms with van der Waals surface area (Å²) in [5.41, 5.74) is 18.7. The van der Waals surface area contributed by atoms with Crippen molar-refractivity contribution in [2.45, 2.75) is 60.5 Å². The second kappa shape index (κ2) is 14.9. The van der Waals surface area contributed by atoms with Gasteiger partial charge in [0.1, 0.15) is 17.7 Å². The standard InChI is InChI=1S/C31H41N7.3ClH/c1-18(2)26(32)28-34-16-24(36-28)22-12-8-20(9-13-22)21-10-14-23(15-11-21)25-17-35-29(37-25)27(19(3)4)38-30(33)31(5,6)7;;;/h8-19,26-27H,32H2,1-7H3,(H2,33,38)(H,34,36)(H,35,37);3*1H/t26-,27-;;;/m0.../s1. The minimum atomic E-state index is -0.181. The van der Waals surface area contributed by atoms with E-state index in [1.54, 1.807) is 0 Å². The lowest BCUT2D eigenvalue weighted by atomic mass is 9.94. The zero-order valence-electron chi connectivity index (χ0n) is 24.8. The number of imidazole rings is 2. The molecule has 0 amide bonds. The van der Waals surface area contributed by atoms with Gasteiger partial charge in [-0.2, -0.15) is 0 Å². The quantitative estimate of drug-likeness (QED) is 0.117. The van der Waals surface area contributed by atoms with E-state index in [2.05, 4.69) is 117 Å². The molecule has 2 aromatic carbocycles. The fourth-order valence-corrected chi connectivity index (χ4v) is 4.16. The molecule has 10 heteroatoms. The van der Waals surface area contributed by atoms with E-state index in [0.29, 0.717) is 11.8 Å². The largest absolute Gasteiger partial charge is 0.387 e. The Balaban J connectivity index is 0.00000280. The Morgan fingerprint density at radius 1 is 0.683 bits per heavy atom. The molecule has 4 rings (SSSR count). The lowest BCUT2D eigenvalue weighted by molar-refractivity contribution is 0.483. The van der Waals surface area contributed by atoms with Gasteiger partial charge in [0, 0.05) is 5.41 Å². The van der Waals surface area contributed by atoms with Crippen molar-refractivity contribution in [2.24, 2.45) is 33.7 Å². The van der Waals surface area contributed by atoms with Crippen LogP contribution in [0.25, 0.3) is 33.6 Å². The second-order valence-electron chi connectivity index (χ2n) is 11.7. The van der Waals surface area contributed by atoms with Crippen LogP contribution in [0.2, 0.25) is 0 Å². The summed E-state index contributed by atoms with van der Waals surface area (Å²) in [6.45, 7) is 14.7. The third-order valence-electron chi connectivity index (χ3n) is 6.91. The average molecular weight is 621 g/mol. The number of aromatic amines is 2. The smallest absolute Gasteiger partial charge is 0.131 e. The molecule has 6 N–H and O–H groups in total. The van der Waals surface area contributed by atoms with Crippen molar-refractivity contribution in [3.05, 3.63) is 72.6 Å². The Morgan fingerprint density at radius 3 is 1.46 bits per heavy atom. The molecule has 0 unspecified atom stereocenters. The monoisotopic (exact) mass is 619 g/mol. The Hall–Kier alpha value is -2.84. The van der Waals surface area contributed by atoms with Crippen LogP contribution in [0, 0.1) is 17.3 Å². The number of rotatable bonds is 8. The number of hydrogen-bond donors (Lipinski definition) is 4. The number of halogens is 3. The minimum Gasteiger partial charge on any atom is -0.387 e. The number of aliphatic imine (C=N–C) groups is 1. The number of hydrogen-bond acceptors (Lipinski definition) is 4. The molecule has 0 saturated heterocycles. The molecule has 0 aliphatic heterocycles. The summed E-state index contributed by atoms with van der Waals surface area (Å²) in [6.07, 6.45) is 3.73. The first-order valence-corrected chi connectivity index (χ1v) is 13.3. The van der Waals surface area contributed by atoms with Crippen molar-refractivity contribution in [2.75, 3.05) is 0 Å². The molecule has 7 nitrogen and oxygen atoms in total. The number of nitrogens with one attached hydrogen (secondary N) is 2. The van der Waals surface area contributed by atoms with Crippen LogP contribution in [-0.4, -0.2) is 25.8 Å². The summed E-state index contributed by atoms with van der Waals surface area (Å²) < 4.78 is 0. The van der Waals surface area contributed by atoms with Gasteiger partial charge < -0.3 is 21.4 Å². The number of nitrogens with zero attached hydrogens (tertiary/aromatic N) is 3. The van der Waals surface area contributed by atoms with E-state index < -0.39 is 0 Å². The van der Waals surface area contributed by atoms with Crippen molar-refractivity contribution in [3.63, 3.8) is 0 Å². The highest BCUT2D eigenvalue weighted by atomic mass is 35.5. The Bertz CT molecular complexity index is 1380. The van der Waals surface area contributed by atoms with Crippen LogP contribution in [0.3, 0.4) is 0 Å². The molecule has 0 aliphatic rings. The van der Waals surface area contributed by atoms with Gasteiger partial charge in [-0.15, -0.1) is 37.2 Å². The fraction of sp³-hybridized carbons (Fsp3) is 0.387. The summed E-state index contributed by atoms with van der Waals surface area (Å²) in [5.74, 6) is 2.88. The lowest BCUT2D eigenvalue weighted by Crippen LogP contribution is -2.30. The van der Waals surface area contributed by atoms with Gasteiger partial charge in [-0.25, -0.2) is 9.97 Å². The topological polar surface area (TPSA) is 122 Å². The van der Waals surface area contributed by atoms with Gasteiger partial charge in [-0.05, 0) is 34.1 Å². The Kier molecular flexibility index (Phi) is 13.1. The minimum absolute atomic E-state index is 0. The lowest BCUT2D eigenvalue weighted by Gasteiger charge is -2.22. The van der Waals surface area contributed by atoms with Crippen LogP contribution in [0.4, 0.5) is 0 Å². The number of amidine groups is 1. The summed E-state index contributed by atoms with van der Waals surface area (Å²) >= 11 is 0. The van der Waals surface area contributed by atoms with Crippen LogP contribution in [0.5, 0.6) is 0 Å². The van der Waals surface area contributed by atoms with Gasteiger partial charge in [-0.1, -0.05) is 97.0 Å². The molecule has 2 heterocycles. The van der Waals surface area contributed by atoms with Crippen molar-refractivity contribution in [1.82, 2.24) is 19.9 Å². The number of aromatic nitrogens is 4. The predicted octanol–water partition coefficient (Wildman–Crippen LogP) is 8.16. The van der Waals surface area contributed by atoms with E-state index in [-0.39, 0.29) is 60.6 Å². The zero-order valence-corrected chi connectivity index (χ0v) is 27.3. The second-order valence-corrected chi connectivity index (χ2v) is 11.7. The molecule has 0 spiro atoms. The van der Waals surface area contributed by atoms with Crippen molar-refractivity contribution in [3.8, 4) is 33.6 Å². The summed E-state index contributed by atoms with van der Waals surface area (Å²) in [6, 6.07) is 16.8. The molecular formula is C31H44Cl3N7. The highest BCUT2D eigenvalue weighted by molar-refractivity contribution is 5.86. The van der Waals surface area contributed by atoms with Gasteiger partial charge >= 0.3 is 0 Å². The van der Waals surface area contributed by atoms with Gasteiger partial charge in [-0.3, -0.25) is 4.99 Å². The Labute approximate surface area is 262 Å². The number of nitrogens with two attached hydrogens (primary N) is 2. The molecule has 0 fully saturated rings. The van der Waals surface area contributed by atoms with Crippen LogP contribution < -0.4 is 11.5 Å². The molecule has 0 saturated carbocycles. The number of benzene rings is 2. The zero-order chi connectivity index (χ0) is 27.6. The maximum atomic E-state index is 6.28. The van der Waals surface area contributed by atoms with Crippen LogP contribution in [0.1, 0.15) is 72.2 Å². The number of H-pyrrole nitrogens is 2. The highest BCUT2D eigenvalue weighted by Crippen LogP contribution is 2.30.